The number of nitrogens with one attached hydrogen (secondary N) is 2. The second-order valence-electron chi connectivity index (χ2n) is 7.95. The Morgan fingerprint density at radius 2 is 1.89 bits per heavy atom. The Bertz CT molecular complexity index is 652. The Morgan fingerprint density at radius 3 is 2.43 bits per heavy atom. The van der Waals surface area contributed by atoms with E-state index in [0.717, 1.165) is 18.4 Å². The number of aliphatic hydroxyl groups excluding tert-OH is 1. The monoisotopic (exact) mass is 391 g/mol. The van der Waals surface area contributed by atoms with Crippen molar-refractivity contribution >= 4 is 12.0 Å². The lowest BCUT2D eigenvalue weighted by Crippen LogP contribution is -2.55. The van der Waals surface area contributed by atoms with Crippen LogP contribution in [0, 0.1) is 5.92 Å². The van der Waals surface area contributed by atoms with Gasteiger partial charge in [-0.05, 0) is 31.2 Å². The molecule has 1 heterocycles. The van der Waals surface area contributed by atoms with Crippen LogP contribution in [0.1, 0.15) is 46.1 Å². The second kappa shape index (κ2) is 9.89. The molecule has 2 rings (SSSR count). The Morgan fingerprint density at radius 1 is 1.25 bits per heavy atom. The van der Waals surface area contributed by atoms with Crippen LogP contribution in [-0.4, -0.2) is 57.5 Å². The second-order valence-corrected chi connectivity index (χ2v) is 7.95. The highest BCUT2D eigenvalue weighted by atomic mass is 16.4. The number of carboxylic acid groups (broad SMARTS) is 1. The lowest BCUT2D eigenvalue weighted by atomic mass is 9.96. The summed E-state index contributed by atoms with van der Waals surface area (Å²) in [7, 11) is 0. The van der Waals surface area contributed by atoms with E-state index in [2.05, 4.69) is 17.6 Å². The fraction of sp³-hybridized carbons (Fsp3) is 0.619. The molecule has 2 unspecified atom stereocenters. The first-order valence-electron chi connectivity index (χ1n) is 10.1. The summed E-state index contributed by atoms with van der Waals surface area (Å²) in [4.78, 5) is 26.3. The zero-order valence-corrected chi connectivity index (χ0v) is 17.1. The molecule has 0 bridgehead atoms. The van der Waals surface area contributed by atoms with Gasteiger partial charge in [0.05, 0.1) is 18.3 Å². The molecule has 0 radical (unpaired) electrons. The lowest BCUT2D eigenvalue weighted by Gasteiger charge is -2.32. The van der Waals surface area contributed by atoms with Gasteiger partial charge in [0.2, 0.25) is 5.91 Å². The van der Waals surface area contributed by atoms with Gasteiger partial charge in [-0.15, -0.1) is 0 Å². The van der Waals surface area contributed by atoms with Gasteiger partial charge in [-0.25, -0.2) is 4.79 Å². The van der Waals surface area contributed by atoms with Gasteiger partial charge in [0.15, 0.2) is 0 Å². The maximum Gasteiger partial charge on any atom is 0.404 e. The van der Waals surface area contributed by atoms with E-state index in [4.69, 9.17) is 0 Å². The number of nitrogens with zero attached hydrogens (tertiary/aromatic N) is 1. The maximum atomic E-state index is 13.1. The van der Waals surface area contributed by atoms with Gasteiger partial charge >= 0.3 is 6.09 Å². The largest absolute Gasteiger partial charge is 0.465 e. The first-order chi connectivity index (χ1) is 13.3. The molecule has 1 aromatic carbocycles. The van der Waals surface area contributed by atoms with Crippen LogP contribution in [0.2, 0.25) is 0 Å². The molecule has 1 aliphatic rings. The number of hydrogen-bond donors (Lipinski definition) is 4. The van der Waals surface area contributed by atoms with Gasteiger partial charge in [0.25, 0.3) is 0 Å². The number of carbonyl (C=O) groups is 2. The van der Waals surface area contributed by atoms with Crippen molar-refractivity contribution in [3.8, 4) is 0 Å². The summed E-state index contributed by atoms with van der Waals surface area (Å²) < 4.78 is 0. The van der Waals surface area contributed by atoms with Crippen LogP contribution < -0.4 is 10.6 Å². The first kappa shape index (κ1) is 22.2. The molecule has 7 heteroatoms. The Labute approximate surface area is 167 Å². The lowest BCUT2D eigenvalue weighted by molar-refractivity contribution is -0.134. The van der Waals surface area contributed by atoms with Crippen molar-refractivity contribution in [2.24, 2.45) is 5.92 Å². The average molecular weight is 392 g/mol. The molecule has 156 valence electrons. The molecule has 0 aromatic heterocycles. The van der Waals surface area contributed by atoms with Crippen LogP contribution in [0.15, 0.2) is 30.3 Å². The molecule has 4 N–H and O–H groups in total. The summed E-state index contributed by atoms with van der Waals surface area (Å²) in [6.07, 6.45) is -0.446. The third kappa shape index (κ3) is 5.23. The van der Waals surface area contributed by atoms with Crippen molar-refractivity contribution in [3.05, 3.63) is 35.9 Å². The summed E-state index contributed by atoms with van der Waals surface area (Å²) in [5.74, 6) is -0.00198. The van der Waals surface area contributed by atoms with E-state index < -0.39 is 24.3 Å². The van der Waals surface area contributed by atoms with Gasteiger partial charge in [-0.2, -0.15) is 0 Å². The summed E-state index contributed by atoms with van der Waals surface area (Å²) in [6, 6.07) is 7.77. The molecule has 7 nitrogen and oxygen atoms in total. The molecule has 28 heavy (non-hydrogen) atoms. The van der Waals surface area contributed by atoms with E-state index in [1.807, 2.05) is 56.0 Å². The van der Waals surface area contributed by atoms with Gasteiger partial charge in [0.1, 0.15) is 6.04 Å². The normalized spacial score (nSPS) is 22.9. The molecule has 5 atom stereocenters. The van der Waals surface area contributed by atoms with E-state index in [0.29, 0.717) is 6.42 Å². The number of amides is 2. The zero-order valence-electron chi connectivity index (χ0n) is 17.1. The quantitative estimate of drug-likeness (QED) is 0.517. The number of rotatable bonds is 9. The number of hydrogen-bond acceptors (Lipinski definition) is 4. The Balaban J connectivity index is 2.23. The fourth-order valence-electron chi connectivity index (χ4n) is 3.96. The predicted octanol–water partition coefficient (Wildman–Crippen LogP) is 2.20. The molecule has 1 aromatic rings. The minimum Gasteiger partial charge on any atom is -0.465 e. The molecule has 1 aliphatic heterocycles. The minimum absolute atomic E-state index is 0.0506. The average Bonchev–Trinajstić information content (AvgIpc) is 2.99. The van der Waals surface area contributed by atoms with E-state index in [1.165, 1.54) is 0 Å². The van der Waals surface area contributed by atoms with Gasteiger partial charge in [-0.3, -0.25) is 10.1 Å². The molecule has 0 spiro atoms. The van der Waals surface area contributed by atoms with Crippen molar-refractivity contribution in [1.82, 2.24) is 15.5 Å². The molecule has 0 saturated carbocycles. The predicted molar refractivity (Wildman–Crippen MR) is 108 cm³/mol. The minimum atomic E-state index is -1.22. The van der Waals surface area contributed by atoms with E-state index in [1.54, 1.807) is 0 Å². The standard InChI is InChI=1S/C21H33N3O4/c1-5-9-14(4)24-19(13(2)3)23-17(20(24)26)18(25)16(22-21(27)28)12-15-10-7-6-8-11-15/h6-8,10-11,13-14,16-19,22-23,25H,5,9,12H2,1-4H3,(H,27,28)/t14?,16-,17-,18+,19?/m0/s1. The van der Waals surface area contributed by atoms with E-state index in [9.17, 15) is 19.8 Å². The van der Waals surface area contributed by atoms with Crippen molar-refractivity contribution in [1.29, 1.82) is 0 Å². The van der Waals surface area contributed by atoms with Gasteiger partial charge in [0, 0.05) is 6.04 Å². The smallest absolute Gasteiger partial charge is 0.404 e. The maximum absolute atomic E-state index is 13.1. The van der Waals surface area contributed by atoms with Crippen LogP contribution in [0.25, 0.3) is 0 Å². The van der Waals surface area contributed by atoms with Crippen molar-refractivity contribution in [3.63, 3.8) is 0 Å². The Kier molecular flexibility index (Phi) is 7.83. The molecule has 2 amide bonds. The van der Waals surface area contributed by atoms with Crippen LogP contribution in [0.4, 0.5) is 4.79 Å². The fourth-order valence-corrected chi connectivity index (χ4v) is 3.96. The van der Waals surface area contributed by atoms with Crippen LogP contribution in [0.5, 0.6) is 0 Å². The topological polar surface area (TPSA) is 102 Å². The van der Waals surface area contributed by atoms with E-state index >= 15 is 0 Å². The summed E-state index contributed by atoms with van der Waals surface area (Å²) in [5, 5.41) is 25.9. The van der Waals surface area contributed by atoms with Crippen LogP contribution in [0.3, 0.4) is 0 Å². The molecular weight excluding hydrogens is 358 g/mol. The highest BCUT2D eigenvalue weighted by Gasteiger charge is 2.47. The van der Waals surface area contributed by atoms with Gasteiger partial charge < -0.3 is 20.4 Å². The first-order valence-corrected chi connectivity index (χ1v) is 10.1. The molecule has 1 saturated heterocycles. The number of carbonyl (C=O) groups excluding carboxylic acids is 1. The molecule has 1 fully saturated rings. The number of benzene rings is 1. The molecule has 0 aliphatic carbocycles. The third-order valence-corrected chi connectivity index (χ3v) is 5.34. The SMILES string of the molecule is CCCC(C)N1C(=O)[C@H]([C@H](O)[C@H](Cc2ccccc2)NC(=O)O)NC1C(C)C. The molecular formula is C21H33N3O4. The zero-order chi connectivity index (χ0) is 20.8. The van der Waals surface area contributed by atoms with Crippen LogP contribution >= 0.6 is 0 Å². The van der Waals surface area contributed by atoms with Crippen molar-refractivity contribution in [2.75, 3.05) is 0 Å². The summed E-state index contributed by atoms with van der Waals surface area (Å²) in [5.41, 5.74) is 0.891. The highest BCUT2D eigenvalue weighted by Crippen LogP contribution is 2.25. The van der Waals surface area contributed by atoms with Crippen LogP contribution in [-0.2, 0) is 11.2 Å². The summed E-state index contributed by atoms with van der Waals surface area (Å²) >= 11 is 0. The highest BCUT2D eigenvalue weighted by molar-refractivity contribution is 5.85. The number of aliphatic hydroxyl groups is 1. The van der Waals surface area contributed by atoms with Gasteiger partial charge in [-0.1, -0.05) is 57.5 Å². The Hall–Kier alpha value is -2.12. The third-order valence-electron chi connectivity index (χ3n) is 5.34. The summed E-state index contributed by atoms with van der Waals surface area (Å²) in [6.45, 7) is 8.16. The van der Waals surface area contributed by atoms with Crippen molar-refractivity contribution in [2.45, 2.75) is 77.4 Å². The van der Waals surface area contributed by atoms with Crippen molar-refractivity contribution < 1.29 is 19.8 Å². The van der Waals surface area contributed by atoms with E-state index in [-0.39, 0.29) is 24.0 Å².